The molecule has 6 nitrogen and oxygen atoms in total. The predicted molar refractivity (Wildman–Crippen MR) is 102 cm³/mol. The highest BCUT2D eigenvalue weighted by Crippen LogP contribution is 2.26. The average molecular weight is 371 g/mol. The molecule has 0 atom stereocenters. The summed E-state index contributed by atoms with van der Waals surface area (Å²) in [7, 11) is -3.63. The van der Waals surface area contributed by atoms with Gasteiger partial charge >= 0.3 is 0 Å². The minimum absolute atomic E-state index is 0.294. The van der Waals surface area contributed by atoms with E-state index in [4.69, 9.17) is 5.26 Å². The molecule has 0 aliphatic rings. The van der Waals surface area contributed by atoms with Crippen LogP contribution in [0.25, 0.3) is 0 Å². The van der Waals surface area contributed by atoms with Crippen LogP contribution in [0.1, 0.15) is 16.7 Å². The molecule has 0 unspecified atom stereocenters. The predicted octanol–water partition coefficient (Wildman–Crippen LogP) is 2.77. The number of aryl methyl sites for hydroxylation is 2. The Morgan fingerprint density at radius 1 is 1.12 bits per heavy atom. The van der Waals surface area contributed by atoms with Crippen molar-refractivity contribution in [1.82, 2.24) is 0 Å². The van der Waals surface area contributed by atoms with Gasteiger partial charge in [0.25, 0.3) is 0 Å². The van der Waals surface area contributed by atoms with Crippen LogP contribution in [0, 0.1) is 25.2 Å². The van der Waals surface area contributed by atoms with Gasteiger partial charge in [-0.05, 0) is 42.7 Å². The van der Waals surface area contributed by atoms with E-state index in [1.54, 1.807) is 24.3 Å². The highest BCUT2D eigenvalue weighted by molar-refractivity contribution is 7.92. The second-order valence-corrected chi connectivity index (χ2v) is 8.00. The zero-order valence-electron chi connectivity index (χ0n) is 15.0. The van der Waals surface area contributed by atoms with Crippen molar-refractivity contribution in [2.75, 3.05) is 22.4 Å². The molecule has 0 aliphatic carbocycles. The van der Waals surface area contributed by atoms with Gasteiger partial charge < -0.3 is 5.32 Å². The number of carbonyl (C=O) groups is 1. The first-order valence-corrected chi connectivity index (χ1v) is 9.87. The van der Waals surface area contributed by atoms with Crippen LogP contribution in [-0.4, -0.2) is 27.1 Å². The average Bonchev–Trinajstić information content (AvgIpc) is 2.55. The van der Waals surface area contributed by atoms with Crippen LogP contribution in [0.5, 0.6) is 0 Å². The highest BCUT2D eigenvalue weighted by atomic mass is 32.2. The lowest BCUT2D eigenvalue weighted by Crippen LogP contribution is -2.38. The molecule has 0 bridgehead atoms. The third kappa shape index (κ3) is 4.83. The van der Waals surface area contributed by atoms with Crippen molar-refractivity contribution in [2.24, 2.45) is 0 Å². The summed E-state index contributed by atoms with van der Waals surface area (Å²) in [4.78, 5) is 12.4. The SMILES string of the molecule is Cc1cccc(C)c1N(CC(=O)Nc1ccc(CC#N)cc1)S(C)(=O)=O. The van der Waals surface area contributed by atoms with Crippen LogP contribution in [0.4, 0.5) is 11.4 Å². The maximum absolute atomic E-state index is 12.4. The lowest BCUT2D eigenvalue weighted by atomic mass is 10.1. The molecule has 0 aromatic heterocycles. The maximum Gasteiger partial charge on any atom is 0.245 e. The molecule has 2 rings (SSSR count). The van der Waals surface area contributed by atoms with Gasteiger partial charge in [0.05, 0.1) is 24.4 Å². The molecule has 136 valence electrons. The van der Waals surface area contributed by atoms with Crippen molar-refractivity contribution >= 4 is 27.3 Å². The normalized spacial score (nSPS) is 10.8. The Kier molecular flexibility index (Phi) is 6.01. The van der Waals surface area contributed by atoms with Crippen LogP contribution in [0.2, 0.25) is 0 Å². The summed E-state index contributed by atoms with van der Waals surface area (Å²) in [6.07, 6.45) is 1.38. The smallest absolute Gasteiger partial charge is 0.245 e. The number of nitrogens with zero attached hydrogens (tertiary/aromatic N) is 2. The first kappa shape index (κ1) is 19.5. The zero-order valence-corrected chi connectivity index (χ0v) is 15.8. The number of para-hydroxylation sites is 1. The Bertz CT molecular complexity index is 925. The molecule has 0 fully saturated rings. The summed E-state index contributed by atoms with van der Waals surface area (Å²) in [5.74, 6) is -0.439. The van der Waals surface area contributed by atoms with Crippen molar-refractivity contribution in [3.05, 3.63) is 59.2 Å². The van der Waals surface area contributed by atoms with E-state index in [0.717, 1.165) is 27.3 Å². The van der Waals surface area contributed by atoms with Gasteiger partial charge in [-0.25, -0.2) is 8.42 Å². The topological polar surface area (TPSA) is 90.3 Å². The van der Waals surface area contributed by atoms with E-state index in [0.29, 0.717) is 17.8 Å². The Morgan fingerprint density at radius 3 is 2.19 bits per heavy atom. The zero-order chi connectivity index (χ0) is 19.3. The van der Waals surface area contributed by atoms with Crippen LogP contribution in [0.3, 0.4) is 0 Å². The fourth-order valence-corrected chi connectivity index (χ4v) is 3.66. The molecule has 2 aromatic rings. The van der Waals surface area contributed by atoms with Crippen LogP contribution >= 0.6 is 0 Å². The molecular formula is C19H21N3O3S. The van der Waals surface area contributed by atoms with Crippen molar-refractivity contribution in [2.45, 2.75) is 20.3 Å². The van der Waals surface area contributed by atoms with Gasteiger partial charge in [0.2, 0.25) is 15.9 Å². The van der Waals surface area contributed by atoms with Crippen molar-refractivity contribution in [1.29, 1.82) is 5.26 Å². The second-order valence-electron chi connectivity index (χ2n) is 6.09. The van der Waals surface area contributed by atoms with E-state index < -0.39 is 15.9 Å². The van der Waals surface area contributed by atoms with Gasteiger partial charge in [-0.2, -0.15) is 5.26 Å². The van der Waals surface area contributed by atoms with Gasteiger partial charge in [-0.1, -0.05) is 30.3 Å². The highest BCUT2D eigenvalue weighted by Gasteiger charge is 2.23. The first-order valence-electron chi connectivity index (χ1n) is 8.02. The molecule has 1 amide bonds. The fraction of sp³-hybridized carbons (Fsp3) is 0.263. The van der Waals surface area contributed by atoms with Crippen molar-refractivity contribution in [3.8, 4) is 6.07 Å². The minimum atomic E-state index is -3.63. The Morgan fingerprint density at radius 2 is 1.69 bits per heavy atom. The van der Waals surface area contributed by atoms with Crippen LogP contribution < -0.4 is 9.62 Å². The molecule has 0 aliphatic heterocycles. The van der Waals surface area contributed by atoms with Gasteiger partial charge in [-0.15, -0.1) is 0 Å². The quantitative estimate of drug-likeness (QED) is 0.845. The largest absolute Gasteiger partial charge is 0.325 e. The summed E-state index contributed by atoms with van der Waals surface area (Å²) in [5, 5.41) is 11.4. The van der Waals surface area contributed by atoms with E-state index in [1.807, 2.05) is 32.0 Å². The summed E-state index contributed by atoms with van der Waals surface area (Å²) >= 11 is 0. The number of sulfonamides is 1. The number of hydrogen-bond acceptors (Lipinski definition) is 4. The monoisotopic (exact) mass is 371 g/mol. The van der Waals surface area contributed by atoms with Gasteiger partial charge in [0.1, 0.15) is 6.54 Å². The number of hydrogen-bond donors (Lipinski definition) is 1. The third-order valence-corrected chi connectivity index (χ3v) is 5.01. The number of benzene rings is 2. The molecular weight excluding hydrogens is 350 g/mol. The second kappa shape index (κ2) is 8.02. The standard InChI is InChI=1S/C19H21N3O3S/c1-14-5-4-6-15(2)19(14)22(26(3,24)25)13-18(23)21-17-9-7-16(8-10-17)11-12-20/h4-10H,11,13H2,1-3H3,(H,21,23). The van der Waals surface area contributed by atoms with Gasteiger partial charge in [0, 0.05) is 5.69 Å². The Labute approximate surface area is 154 Å². The Balaban J connectivity index is 2.21. The van der Waals surface area contributed by atoms with Crippen LogP contribution in [0.15, 0.2) is 42.5 Å². The van der Waals surface area contributed by atoms with E-state index in [-0.39, 0.29) is 6.54 Å². The number of rotatable bonds is 6. The number of anilines is 2. The van der Waals surface area contributed by atoms with E-state index in [2.05, 4.69) is 11.4 Å². The summed E-state index contributed by atoms with van der Waals surface area (Å²) < 4.78 is 25.6. The number of nitrogens with one attached hydrogen (secondary N) is 1. The molecule has 26 heavy (non-hydrogen) atoms. The summed E-state index contributed by atoms with van der Waals surface area (Å²) in [6, 6.07) is 14.4. The molecule has 0 saturated carbocycles. The fourth-order valence-electron chi connectivity index (χ4n) is 2.69. The number of amides is 1. The molecule has 0 heterocycles. The molecule has 0 saturated heterocycles. The molecule has 7 heteroatoms. The lowest BCUT2D eigenvalue weighted by Gasteiger charge is -2.25. The minimum Gasteiger partial charge on any atom is -0.325 e. The molecule has 0 spiro atoms. The summed E-state index contributed by atoms with van der Waals surface area (Å²) in [6.45, 7) is 3.31. The maximum atomic E-state index is 12.4. The third-order valence-electron chi connectivity index (χ3n) is 3.90. The first-order chi connectivity index (χ1) is 12.2. The van der Waals surface area contributed by atoms with Gasteiger partial charge in [-0.3, -0.25) is 9.10 Å². The molecule has 1 N–H and O–H groups in total. The van der Waals surface area contributed by atoms with E-state index in [9.17, 15) is 13.2 Å². The Hall–Kier alpha value is -2.85. The number of carbonyl (C=O) groups excluding carboxylic acids is 1. The summed E-state index contributed by atoms with van der Waals surface area (Å²) in [5.41, 5.74) is 3.48. The van der Waals surface area contributed by atoms with Crippen LogP contribution in [-0.2, 0) is 21.2 Å². The van der Waals surface area contributed by atoms with E-state index in [1.165, 1.54) is 0 Å². The lowest BCUT2D eigenvalue weighted by molar-refractivity contribution is -0.114. The molecule has 2 aromatic carbocycles. The number of nitriles is 1. The van der Waals surface area contributed by atoms with Crippen molar-refractivity contribution < 1.29 is 13.2 Å². The van der Waals surface area contributed by atoms with Gasteiger partial charge in [0.15, 0.2) is 0 Å². The van der Waals surface area contributed by atoms with Crippen molar-refractivity contribution in [3.63, 3.8) is 0 Å². The molecule has 0 radical (unpaired) electrons. The van der Waals surface area contributed by atoms with E-state index >= 15 is 0 Å².